The lowest BCUT2D eigenvalue weighted by Gasteiger charge is -2.07. The maximum Gasteiger partial charge on any atom is 0.294 e. The number of nitrogens with zero attached hydrogens (tertiary/aromatic N) is 1. The van der Waals surface area contributed by atoms with E-state index < -0.39 is 4.92 Å². The van der Waals surface area contributed by atoms with Gasteiger partial charge in [0.05, 0.1) is 4.92 Å². The topological polar surface area (TPSA) is 81.2 Å². The molecule has 0 unspecified atom stereocenters. The SMILES string of the molecule is Nc1ccc(Nc2ccc(Br)cc2)c([N+](=O)[O-])c1. The number of nitrogens with one attached hydrogen (secondary N) is 1. The van der Waals surface area contributed by atoms with Crippen molar-refractivity contribution in [3.8, 4) is 0 Å². The van der Waals surface area contributed by atoms with Crippen LogP contribution in [0.2, 0.25) is 0 Å². The zero-order valence-electron chi connectivity index (χ0n) is 9.26. The summed E-state index contributed by atoms with van der Waals surface area (Å²) in [6, 6.07) is 11.9. The van der Waals surface area contributed by atoms with Gasteiger partial charge in [0.25, 0.3) is 5.69 Å². The van der Waals surface area contributed by atoms with Crippen LogP contribution in [0.3, 0.4) is 0 Å². The molecule has 0 aliphatic carbocycles. The Bertz CT molecular complexity index is 584. The Morgan fingerprint density at radius 1 is 1.17 bits per heavy atom. The van der Waals surface area contributed by atoms with Crippen LogP contribution in [0.25, 0.3) is 0 Å². The molecule has 0 saturated carbocycles. The zero-order chi connectivity index (χ0) is 13.1. The first-order chi connectivity index (χ1) is 8.56. The molecule has 0 aliphatic heterocycles. The normalized spacial score (nSPS) is 10.1. The van der Waals surface area contributed by atoms with Gasteiger partial charge < -0.3 is 11.1 Å². The quantitative estimate of drug-likeness (QED) is 0.515. The second-order valence-corrected chi connectivity index (χ2v) is 4.58. The Morgan fingerprint density at radius 3 is 2.44 bits per heavy atom. The summed E-state index contributed by atoms with van der Waals surface area (Å²) in [6.07, 6.45) is 0. The van der Waals surface area contributed by atoms with Gasteiger partial charge in [-0.1, -0.05) is 15.9 Å². The van der Waals surface area contributed by atoms with Crippen molar-refractivity contribution < 1.29 is 4.92 Å². The Labute approximate surface area is 112 Å². The summed E-state index contributed by atoms with van der Waals surface area (Å²) in [6.45, 7) is 0. The lowest BCUT2D eigenvalue weighted by Crippen LogP contribution is -1.98. The van der Waals surface area contributed by atoms with Gasteiger partial charge in [0.2, 0.25) is 0 Å². The molecule has 0 bridgehead atoms. The van der Waals surface area contributed by atoms with Crippen LogP contribution in [0.15, 0.2) is 46.9 Å². The highest BCUT2D eigenvalue weighted by atomic mass is 79.9. The molecule has 0 amide bonds. The van der Waals surface area contributed by atoms with Gasteiger partial charge in [-0.15, -0.1) is 0 Å². The van der Waals surface area contributed by atoms with E-state index in [1.54, 1.807) is 12.1 Å². The second kappa shape index (κ2) is 5.05. The number of nitro groups is 1. The third-order valence-corrected chi connectivity index (χ3v) is 2.87. The summed E-state index contributed by atoms with van der Waals surface area (Å²) < 4.78 is 0.944. The molecule has 0 aliphatic rings. The first-order valence-corrected chi connectivity index (χ1v) is 5.92. The van der Waals surface area contributed by atoms with Gasteiger partial charge in [-0.2, -0.15) is 0 Å². The first-order valence-electron chi connectivity index (χ1n) is 5.13. The summed E-state index contributed by atoms with van der Waals surface area (Å²) in [7, 11) is 0. The number of hydrogen-bond donors (Lipinski definition) is 2. The van der Waals surface area contributed by atoms with Crippen LogP contribution >= 0.6 is 15.9 Å². The van der Waals surface area contributed by atoms with Gasteiger partial charge >= 0.3 is 0 Å². The van der Waals surface area contributed by atoms with Gasteiger partial charge in [0.15, 0.2) is 0 Å². The second-order valence-electron chi connectivity index (χ2n) is 3.67. The predicted octanol–water partition coefficient (Wildman–Crippen LogP) is 3.68. The number of anilines is 3. The fourth-order valence-electron chi connectivity index (χ4n) is 1.49. The highest BCUT2D eigenvalue weighted by molar-refractivity contribution is 9.10. The van der Waals surface area contributed by atoms with Crippen molar-refractivity contribution in [3.05, 3.63) is 57.1 Å². The van der Waals surface area contributed by atoms with E-state index in [2.05, 4.69) is 21.2 Å². The molecule has 0 fully saturated rings. The maximum absolute atomic E-state index is 10.9. The average Bonchev–Trinajstić information content (AvgIpc) is 2.34. The predicted molar refractivity (Wildman–Crippen MR) is 74.9 cm³/mol. The van der Waals surface area contributed by atoms with E-state index in [4.69, 9.17) is 5.73 Å². The van der Waals surface area contributed by atoms with E-state index in [9.17, 15) is 10.1 Å². The van der Waals surface area contributed by atoms with Crippen LogP contribution in [-0.2, 0) is 0 Å². The van der Waals surface area contributed by atoms with Crippen molar-refractivity contribution in [1.29, 1.82) is 0 Å². The van der Waals surface area contributed by atoms with Gasteiger partial charge in [-0.05, 0) is 36.4 Å². The molecule has 18 heavy (non-hydrogen) atoms. The average molecular weight is 308 g/mol. The molecule has 6 heteroatoms. The van der Waals surface area contributed by atoms with Gasteiger partial charge in [0.1, 0.15) is 5.69 Å². The lowest BCUT2D eigenvalue weighted by molar-refractivity contribution is -0.383. The van der Waals surface area contributed by atoms with Crippen LogP contribution in [0.5, 0.6) is 0 Å². The van der Waals surface area contributed by atoms with Crippen LogP contribution in [0.1, 0.15) is 0 Å². The highest BCUT2D eigenvalue weighted by Gasteiger charge is 2.13. The lowest BCUT2D eigenvalue weighted by atomic mass is 10.2. The molecule has 92 valence electrons. The molecule has 2 aromatic carbocycles. The molecular formula is C12H10BrN3O2. The molecule has 3 N–H and O–H groups in total. The van der Waals surface area contributed by atoms with Crippen molar-refractivity contribution in [2.45, 2.75) is 0 Å². The van der Waals surface area contributed by atoms with E-state index in [-0.39, 0.29) is 5.69 Å². The maximum atomic E-state index is 10.9. The van der Waals surface area contributed by atoms with Gasteiger partial charge in [-0.3, -0.25) is 10.1 Å². The minimum Gasteiger partial charge on any atom is -0.399 e. The highest BCUT2D eigenvalue weighted by Crippen LogP contribution is 2.29. The Kier molecular flexibility index (Phi) is 3.47. The van der Waals surface area contributed by atoms with E-state index in [0.29, 0.717) is 11.4 Å². The van der Waals surface area contributed by atoms with Crippen molar-refractivity contribution >= 4 is 38.7 Å². The third kappa shape index (κ3) is 2.78. The molecular weight excluding hydrogens is 298 g/mol. The smallest absolute Gasteiger partial charge is 0.294 e. The largest absolute Gasteiger partial charge is 0.399 e. The first kappa shape index (κ1) is 12.4. The minimum atomic E-state index is -0.461. The molecule has 0 atom stereocenters. The van der Waals surface area contributed by atoms with Crippen molar-refractivity contribution in [3.63, 3.8) is 0 Å². The monoisotopic (exact) mass is 307 g/mol. The van der Waals surface area contributed by atoms with E-state index in [0.717, 1.165) is 10.2 Å². The number of rotatable bonds is 3. The molecule has 0 spiro atoms. The number of halogens is 1. The molecule has 0 radical (unpaired) electrons. The molecule has 0 heterocycles. The van der Waals surface area contributed by atoms with E-state index >= 15 is 0 Å². The van der Waals surface area contributed by atoms with Crippen LogP contribution in [0.4, 0.5) is 22.7 Å². The fraction of sp³-hybridized carbons (Fsp3) is 0. The van der Waals surface area contributed by atoms with E-state index in [1.807, 2.05) is 24.3 Å². The number of nitrogen functional groups attached to an aromatic ring is 1. The Hall–Kier alpha value is -2.08. The summed E-state index contributed by atoms with van der Waals surface area (Å²) >= 11 is 3.33. The number of hydrogen-bond acceptors (Lipinski definition) is 4. The van der Waals surface area contributed by atoms with Crippen LogP contribution in [0, 0.1) is 10.1 Å². The fourth-order valence-corrected chi connectivity index (χ4v) is 1.76. The number of nitro benzene ring substituents is 1. The number of nitrogens with two attached hydrogens (primary N) is 1. The summed E-state index contributed by atoms with van der Waals surface area (Å²) in [5, 5.41) is 13.9. The number of benzene rings is 2. The van der Waals surface area contributed by atoms with Crippen molar-refractivity contribution in [2.75, 3.05) is 11.1 Å². The van der Waals surface area contributed by atoms with Crippen molar-refractivity contribution in [1.82, 2.24) is 0 Å². The third-order valence-electron chi connectivity index (χ3n) is 2.34. The molecule has 5 nitrogen and oxygen atoms in total. The standard InChI is InChI=1S/C12H10BrN3O2/c13-8-1-4-10(5-2-8)15-11-6-3-9(14)7-12(11)16(17)18/h1-7,15H,14H2. The van der Waals surface area contributed by atoms with Crippen LogP contribution in [-0.4, -0.2) is 4.92 Å². The Balaban J connectivity index is 2.34. The summed E-state index contributed by atoms with van der Waals surface area (Å²) in [5.41, 5.74) is 7.04. The van der Waals surface area contributed by atoms with Crippen molar-refractivity contribution in [2.24, 2.45) is 0 Å². The molecule has 2 aromatic rings. The Morgan fingerprint density at radius 2 is 1.83 bits per heavy atom. The minimum absolute atomic E-state index is 0.0436. The zero-order valence-corrected chi connectivity index (χ0v) is 10.8. The van der Waals surface area contributed by atoms with Crippen LogP contribution < -0.4 is 11.1 Å². The molecule has 2 rings (SSSR count). The molecule has 0 saturated heterocycles. The summed E-state index contributed by atoms with van der Waals surface area (Å²) in [5.74, 6) is 0. The molecule has 0 aromatic heterocycles. The van der Waals surface area contributed by atoms with Gasteiger partial charge in [-0.25, -0.2) is 0 Å². The van der Waals surface area contributed by atoms with Gasteiger partial charge in [0, 0.05) is 21.9 Å². The van der Waals surface area contributed by atoms with E-state index in [1.165, 1.54) is 6.07 Å². The summed E-state index contributed by atoms with van der Waals surface area (Å²) in [4.78, 5) is 10.5.